The molecule has 1 aromatic carbocycles. The SMILES string of the molecule is Fc1ccc(OCC2CCCCN2)cc1Cl. The average molecular weight is 244 g/mol. The molecule has 0 amide bonds. The minimum absolute atomic E-state index is 0.106. The molecule has 1 N–H and O–H groups in total. The van der Waals surface area contributed by atoms with Crippen molar-refractivity contribution in [3.8, 4) is 5.75 Å². The number of nitrogens with one attached hydrogen (secondary N) is 1. The predicted molar refractivity (Wildman–Crippen MR) is 62.5 cm³/mol. The van der Waals surface area contributed by atoms with E-state index in [9.17, 15) is 4.39 Å². The monoisotopic (exact) mass is 243 g/mol. The summed E-state index contributed by atoms with van der Waals surface area (Å²) in [5.74, 6) is 0.212. The summed E-state index contributed by atoms with van der Waals surface area (Å²) in [5, 5.41) is 3.49. The van der Waals surface area contributed by atoms with E-state index < -0.39 is 5.82 Å². The van der Waals surface area contributed by atoms with Gasteiger partial charge in [-0.05, 0) is 31.5 Å². The fraction of sp³-hybridized carbons (Fsp3) is 0.500. The standard InChI is InChI=1S/C12H15ClFNO/c13-11-7-10(4-5-12(11)14)16-8-9-3-1-2-6-15-9/h4-5,7,9,15H,1-3,6,8H2. The van der Waals surface area contributed by atoms with E-state index in [2.05, 4.69) is 5.32 Å². The zero-order chi connectivity index (χ0) is 11.4. The van der Waals surface area contributed by atoms with E-state index in [0.29, 0.717) is 18.4 Å². The van der Waals surface area contributed by atoms with Gasteiger partial charge >= 0.3 is 0 Å². The Kier molecular flexibility index (Phi) is 4.02. The summed E-state index contributed by atoms with van der Waals surface area (Å²) in [4.78, 5) is 0. The van der Waals surface area contributed by atoms with Crippen molar-refractivity contribution in [2.24, 2.45) is 0 Å². The van der Waals surface area contributed by atoms with Crippen LogP contribution >= 0.6 is 11.6 Å². The molecule has 1 atom stereocenters. The molecule has 88 valence electrons. The highest BCUT2D eigenvalue weighted by atomic mass is 35.5. The highest BCUT2D eigenvalue weighted by Crippen LogP contribution is 2.21. The Morgan fingerprint density at radius 1 is 1.44 bits per heavy atom. The van der Waals surface area contributed by atoms with Gasteiger partial charge in [-0.1, -0.05) is 18.0 Å². The number of ether oxygens (including phenoxy) is 1. The van der Waals surface area contributed by atoms with Crippen molar-refractivity contribution < 1.29 is 9.13 Å². The summed E-state index contributed by atoms with van der Waals surface area (Å²) in [5.41, 5.74) is 0. The Bertz CT molecular complexity index is 353. The van der Waals surface area contributed by atoms with Crippen LogP contribution in [-0.2, 0) is 0 Å². The van der Waals surface area contributed by atoms with Crippen molar-refractivity contribution in [3.05, 3.63) is 29.0 Å². The number of hydrogen-bond donors (Lipinski definition) is 1. The van der Waals surface area contributed by atoms with Gasteiger partial charge in [0.1, 0.15) is 18.2 Å². The van der Waals surface area contributed by atoms with Crippen LogP contribution in [0.25, 0.3) is 0 Å². The molecule has 16 heavy (non-hydrogen) atoms. The van der Waals surface area contributed by atoms with E-state index in [-0.39, 0.29) is 5.02 Å². The molecule has 0 radical (unpaired) electrons. The molecule has 2 rings (SSSR count). The summed E-state index contributed by atoms with van der Waals surface area (Å²) < 4.78 is 18.5. The maximum Gasteiger partial charge on any atom is 0.142 e. The molecule has 1 fully saturated rings. The Balaban J connectivity index is 1.86. The van der Waals surface area contributed by atoms with Gasteiger partial charge < -0.3 is 10.1 Å². The van der Waals surface area contributed by atoms with E-state index in [1.807, 2.05) is 0 Å². The molecule has 1 aliphatic rings. The van der Waals surface area contributed by atoms with Crippen molar-refractivity contribution in [2.75, 3.05) is 13.2 Å². The summed E-state index contributed by atoms with van der Waals surface area (Å²) in [7, 11) is 0. The van der Waals surface area contributed by atoms with Crippen LogP contribution in [0.1, 0.15) is 19.3 Å². The van der Waals surface area contributed by atoms with E-state index in [4.69, 9.17) is 16.3 Å². The molecule has 0 bridgehead atoms. The quantitative estimate of drug-likeness (QED) is 0.881. The van der Waals surface area contributed by atoms with Crippen LogP contribution in [0.5, 0.6) is 5.75 Å². The average Bonchev–Trinajstić information content (AvgIpc) is 2.32. The smallest absolute Gasteiger partial charge is 0.142 e. The Morgan fingerprint density at radius 2 is 2.31 bits per heavy atom. The number of hydrogen-bond acceptors (Lipinski definition) is 2. The molecule has 1 aromatic rings. The number of halogens is 2. The van der Waals surface area contributed by atoms with Crippen LogP contribution in [0.3, 0.4) is 0 Å². The van der Waals surface area contributed by atoms with Crippen LogP contribution in [0.2, 0.25) is 5.02 Å². The van der Waals surface area contributed by atoms with Crippen LogP contribution in [0.4, 0.5) is 4.39 Å². The fourth-order valence-corrected chi connectivity index (χ4v) is 2.00. The maximum absolute atomic E-state index is 12.9. The summed E-state index contributed by atoms with van der Waals surface area (Å²) in [6.07, 6.45) is 3.61. The molecular formula is C12H15ClFNO. The lowest BCUT2D eigenvalue weighted by Gasteiger charge is -2.23. The van der Waals surface area contributed by atoms with Crippen molar-refractivity contribution in [1.82, 2.24) is 5.32 Å². The second-order valence-electron chi connectivity index (χ2n) is 4.03. The predicted octanol–water partition coefficient (Wildman–Crippen LogP) is 3.00. The molecule has 4 heteroatoms. The van der Waals surface area contributed by atoms with Gasteiger partial charge in [-0.15, -0.1) is 0 Å². The lowest BCUT2D eigenvalue weighted by Crippen LogP contribution is -2.38. The third-order valence-corrected chi connectivity index (χ3v) is 3.04. The lowest BCUT2D eigenvalue weighted by molar-refractivity contribution is 0.239. The fourth-order valence-electron chi connectivity index (χ4n) is 1.83. The van der Waals surface area contributed by atoms with Crippen molar-refractivity contribution >= 4 is 11.6 Å². The Hall–Kier alpha value is -0.800. The number of rotatable bonds is 3. The Morgan fingerprint density at radius 3 is 3.00 bits per heavy atom. The van der Waals surface area contributed by atoms with Gasteiger partial charge in [0.15, 0.2) is 0 Å². The molecule has 0 saturated carbocycles. The van der Waals surface area contributed by atoms with Gasteiger partial charge in [0.05, 0.1) is 5.02 Å². The molecule has 1 aliphatic heterocycles. The molecule has 1 unspecified atom stereocenters. The van der Waals surface area contributed by atoms with Crippen LogP contribution in [-0.4, -0.2) is 19.2 Å². The molecule has 0 aliphatic carbocycles. The van der Waals surface area contributed by atoms with Gasteiger partial charge in [0, 0.05) is 12.1 Å². The van der Waals surface area contributed by atoms with E-state index in [0.717, 1.165) is 13.0 Å². The summed E-state index contributed by atoms with van der Waals surface area (Å²) >= 11 is 5.66. The van der Waals surface area contributed by atoms with Crippen molar-refractivity contribution in [3.63, 3.8) is 0 Å². The molecule has 2 nitrogen and oxygen atoms in total. The summed E-state index contributed by atoms with van der Waals surface area (Å²) in [6.45, 7) is 1.67. The molecule has 1 heterocycles. The molecule has 0 aromatic heterocycles. The Labute approximate surface area is 99.7 Å². The summed E-state index contributed by atoms with van der Waals surface area (Å²) in [6, 6.07) is 4.84. The number of piperidine rings is 1. The number of benzene rings is 1. The van der Waals surface area contributed by atoms with Gasteiger partial charge in [-0.3, -0.25) is 0 Å². The minimum Gasteiger partial charge on any atom is -0.492 e. The second-order valence-corrected chi connectivity index (χ2v) is 4.44. The zero-order valence-corrected chi connectivity index (χ0v) is 9.77. The van der Waals surface area contributed by atoms with Gasteiger partial charge in [-0.25, -0.2) is 4.39 Å². The van der Waals surface area contributed by atoms with Crippen LogP contribution in [0.15, 0.2) is 18.2 Å². The lowest BCUT2D eigenvalue weighted by atomic mass is 10.1. The first-order chi connectivity index (χ1) is 7.75. The minimum atomic E-state index is -0.412. The molecular weight excluding hydrogens is 229 g/mol. The second kappa shape index (κ2) is 5.51. The highest BCUT2D eigenvalue weighted by molar-refractivity contribution is 6.30. The van der Waals surface area contributed by atoms with E-state index in [1.165, 1.54) is 25.0 Å². The zero-order valence-electron chi connectivity index (χ0n) is 9.01. The highest BCUT2D eigenvalue weighted by Gasteiger charge is 2.13. The van der Waals surface area contributed by atoms with Gasteiger partial charge in [0.2, 0.25) is 0 Å². The van der Waals surface area contributed by atoms with E-state index in [1.54, 1.807) is 6.07 Å². The first-order valence-electron chi connectivity index (χ1n) is 5.57. The first-order valence-corrected chi connectivity index (χ1v) is 5.95. The van der Waals surface area contributed by atoms with Gasteiger partial charge in [-0.2, -0.15) is 0 Å². The van der Waals surface area contributed by atoms with E-state index >= 15 is 0 Å². The van der Waals surface area contributed by atoms with Crippen LogP contribution < -0.4 is 10.1 Å². The van der Waals surface area contributed by atoms with Gasteiger partial charge in [0.25, 0.3) is 0 Å². The normalized spacial score (nSPS) is 20.8. The molecule has 1 saturated heterocycles. The van der Waals surface area contributed by atoms with Crippen molar-refractivity contribution in [1.29, 1.82) is 0 Å². The third-order valence-electron chi connectivity index (χ3n) is 2.75. The van der Waals surface area contributed by atoms with Crippen molar-refractivity contribution in [2.45, 2.75) is 25.3 Å². The van der Waals surface area contributed by atoms with Crippen LogP contribution in [0, 0.1) is 5.82 Å². The maximum atomic E-state index is 12.9. The third kappa shape index (κ3) is 3.09. The molecule has 0 spiro atoms. The topological polar surface area (TPSA) is 21.3 Å². The first kappa shape index (κ1) is 11.7. The largest absolute Gasteiger partial charge is 0.492 e.